The SMILES string of the molecule is CO[Si](CCCOCC1CO1)(OC)OC.O=[Si]. The van der Waals surface area contributed by atoms with E-state index in [-0.39, 0.29) is 0 Å². The molecule has 100 valence electrons. The van der Waals surface area contributed by atoms with Gasteiger partial charge in [0.15, 0.2) is 0 Å². The van der Waals surface area contributed by atoms with E-state index >= 15 is 0 Å². The highest BCUT2D eigenvalue weighted by molar-refractivity contribution is 6.60. The zero-order valence-corrected chi connectivity index (χ0v) is 12.6. The fraction of sp³-hybridized carbons (Fsp3) is 1.00. The largest absolute Gasteiger partial charge is 0.500 e. The molecule has 0 amide bonds. The summed E-state index contributed by atoms with van der Waals surface area (Å²) in [6, 6.07) is 0.780. The number of rotatable bonds is 9. The van der Waals surface area contributed by atoms with Gasteiger partial charge in [-0.25, -0.2) is 0 Å². The van der Waals surface area contributed by atoms with Crippen molar-refractivity contribution < 1.29 is 27.2 Å². The summed E-state index contributed by atoms with van der Waals surface area (Å²) >= 11 is 0. The summed E-state index contributed by atoms with van der Waals surface area (Å²) in [5.74, 6) is 0. The Balaban J connectivity index is 0.00000121. The second-order valence-electron chi connectivity index (χ2n) is 3.43. The van der Waals surface area contributed by atoms with Crippen LogP contribution in [0.4, 0.5) is 0 Å². The van der Waals surface area contributed by atoms with E-state index in [0.29, 0.717) is 19.3 Å². The molecule has 0 aromatic carbocycles. The van der Waals surface area contributed by atoms with Crippen LogP contribution in [0.15, 0.2) is 0 Å². The highest BCUT2D eigenvalue weighted by Crippen LogP contribution is 2.15. The Hall–Kier alpha value is 0.0338. The standard InChI is InChI=1S/C9H20O5Si.OSi/c1-10-15(11-2,12-3)6-4-5-13-7-9-8-14-9;1-2/h9H,4-8H2,1-3H3;. The lowest BCUT2D eigenvalue weighted by Gasteiger charge is -2.24. The van der Waals surface area contributed by atoms with Crippen LogP contribution in [-0.2, 0) is 27.2 Å². The number of epoxide rings is 1. The lowest BCUT2D eigenvalue weighted by atomic mass is 10.5. The van der Waals surface area contributed by atoms with Crippen molar-refractivity contribution in [2.45, 2.75) is 18.6 Å². The summed E-state index contributed by atoms with van der Waals surface area (Å²) in [6.45, 7) is 2.24. The van der Waals surface area contributed by atoms with Gasteiger partial charge in [0.1, 0.15) is 6.10 Å². The van der Waals surface area contributed by atoms with Crippen molar-refractivity contribution in [3.8, 4) is 0 Å². The molecule has 0 aromatic heterocycles. The summed E-state index contributed by atoms with van der Waals surface area (Å²) in [7, 11) is 4.20. The van der Waals surface area contributed by atoms with Crippen molar-refractivity contribution in [2.75, 3.05) is 41.2 Å². The molecule has 0 aromatic rings. The molecule has 1 atom stereocenters. The molecule has 1 saturated heterocycles. The molecule has 1 unspecified atom stereocenters. The fourth-order valence-corrected chi connectivity index (χ4v) is 3.02. The van der Waals surface area contributed by atoms with Gasteiger partial charge in [0.05, 0.1) is 13.2 Å². The van der Waals surface area contributed by atoms with Crippen molar-refractivity contribution in [1.82, 2.24) is 0 Å². The van der Waals surface area contributed by atoms with E-state index in [1.807, 2.05) is 0 Å². The van der Waals surface area contributed by atoms with Gasteiger partial charge >= 0.3 is 18.9 Å². The van der Waals surface area contributed by atoms with Crippen molar-refractivity contribution in [3.63, 3.8) is 0 Å². The third kappa shape index (κ3) is 7.14. The van der Waals surface area contributed by atoms with Crippen LogP contribution >= 0.6 is 0 Å². The molecular formula is C9H20O6Si2. The van der Waals surface area contributed by atoms with Crippen LogP contribution in [0.25, 0.3) is 0 Å². The molecular weight excluding hydrogens is 260 g/mol. The fourth-order valence-electron chi connectivity index (χ4n) is 1.33. The molecule has 17 heavy (non-hydrogen) atoms. The molecule has 1 aliphatic rings. The first kappa shape index (κ1) is 17.0. The molecule has 6 nitrogen and oxygen atoms in total. The molecule has 0 spiro atoms. The van der Waals surface area contributed by atoms with Gasteiger partial charge < -0.3 is 27.2 Å². The van der Waals surface area contributed by atoms with Gasteiger partial charge in [-0.1, -0.05) is 0 Å². The maximum Gasteiger partial charge on any atom is 0.500 e. The molecule has 1 heterocycles. The van der Waals surface area contributed by atoms with E-state index < -0.39 is 8.80 Å². The van der Waals surface area contributed by atoms with Gasteiger partial charge in [0, 0.05) is 34.0 Å². The quantitative estimate of drug-likeness (QED) is 0.341. The Morgan fingerprint density at radius 1 is 1.24 bits per heavy atom. The molecule has 2 radical (unpaired) electrons. The van der Waals surface area contributed by atoms with Gasteiger partial charge in [0.2, 0.25) is 0 Å². The highest BCUT2D eigenvalue weighted by atomic mass is 28.4. The molecule has 1 rings (SSSR count). The van der Waals surface area contributed by atoms with Crippen LogP contribution in [-0.4, -0.2) is 66.2 Å². The number of ether oxygens (including phenoxy) is 2. The molecule has 0 bridgehead atoms. The monoisotopic (exact) mass is 280 g/mol. The van der Waals surface area contributed by atoms with E-state index in [4.69, 9.17) is 27.2 Å². The highest BCUT2D eigenvalue weighted by Gasteiger charge is 2.36. The maximum absolute atomic E-state index is 8.06. The van der Waals surface area contributed by atoms with Gasteiger partial charge in [-0.15, -0.1) is 0 Å². The Bertz CT molecular complexity index is 178. The third-order valence-corrected chi connectivity index (χ3v) is 5.24. The Labute approximate surface area is 106 Å². The smallest absolute Gasteiger partial charge is 0.381 e. The molecule has 0 saturated carbocycles. The van der Waals surface area contributed by atoms with Crippen LogP contribution in [0.3, 0.4) is 0 Å². The van der Waals surface area contributed by atoms with Gasteiger partial charge in [-0.2, -0.15) is 0 Å². The summed E-state index contributed by atoms with van der Waals surface area (Å²) in [5, 5.41) is 0. The molecule has 1 fully saturated rings. The summed E-state index contributed by atoms with van der Waals surface area (Å²) in [6.07, 6.45) is 1.22. The number of hydrogen-bond acceptors (Lipinski definition) is 6. The van der Waals surface area contributed by atoms with Crippen LogP contribution in [0, 0.1) is 0 Å². The maximum atomic E-state index is 8.06. The predicted octanol–water partition coefficient (Wildman–Crippen LogP) is 0.170. The van der Waals surface area contributed by atoms with Crippen molar-refractivity contribution in [2.24, 2.45) is 0 Å². The topological polar surface area (TPSA) is 66.5 Å². The average molecular weight is 280 g/mol. The Kier molecular flexibility index (Phi) is 10.0. The molecule has 8 heteroatoms. The van der Waals surface area contributed by atoms with E-state index in [9.17, 15) is 0 Å². The van der Waals surface area contributed by atoms with Gasteiger partial charge in [-0.05, 0) is 6.42 Å². The van der Waals surface area contributed by atoms with E-state index in [2.05, 4.69) is 0 Å². The third-order valence-electron chi connectivity index (χ3n) is 2.41. The minimum Gasteiger partial charge on any atom is -0.381 e. The van der Waals surface area contributed by atoms with E-state index in [1.54, 1.807) is 31.5 Å². The zero-order valence-electron chi connectivity index (χ0n) is 10.6. The first-order valence-electron chi connectivity index (χ1n) is 5.31. The number of hydrogen-bond donors (Lipinski definition) is 0. The van der Waals surface area contributed by atoms with Gasteiger partial charge in [-0.3, -0.25) is 0 Å². The lowest BCUT2D eigenvalue weighted by molar-refractivity contribution is 0.100. The minimum absolute atomic E-state index is 0.333. The lowest BCUT2D eigenvalue weighted by Crippen LogP contribution is -2.42. The van der Waals surface area contributed by atoms with Gasteiger partial charge in [0.25, 0.3) is 0 Å². The normalized spacial score (nSPS) is 18.4. The van der Waals surface area contributed by atoms with Crippen molar-refractivity contribution in [3.05, 3.63) is 0 Å². The second kappa shape index (κ2) is 10.0. The molecule has 0 N–H and O–H groups in total. The van der Waals surface area contributed by atoms with Crippen LogP contribution in [0.1, 0.15) is 6.42 Å². The predicted molar refractivity (Wildman–Crippen MR) is 63.2 cm³/mol. The zero-order chi connectivity index (χ0) is 13.1. The summed E-state index contributed by atoms with van der Waals surface area (Å²) in [5.41, 5.74) is 0. The van der Waals surface area contributed by atoms with Crippen LogP contribution in [0.5, 0.6) is 0 Å². The van der Waals surface area contributed by atoms with E-state index in [0.717, 1.165) is 19.1 Å². The van der Waals surface area contributed by atoms with Crippen molar-refractivity contribution in [1.29, 1.82) is 0 Å². The first-order chi connectivity index (χ1) is 8.26. The first-order valence-corrected chi connectivity index (χ1v) is 7.65. The summed E-state index contributed by atoms with van der Waals surface area (Å²) in [4.78, 5) is 0. The minimum atomic E-state index is -2.39. The Morgan fingerprint density at radius 2 is 1.76 bits per heavy atom. The van der Waals surface area contributed by atoms with Crippen molar-refractivity contribution >= 4 is 18.9 Å². The Morgan fingerprint density at radius 3 is 2.18 bits per heavy atom. The van der Waals surface area contributed by atoms with E-state index in [1.165, 1.54) is 0 Å². The summed E-state index contributed by atoms with van der Waals surface area (Å²) < 4.78 is 34.4. The molecule has 0 aliphatic carbocycles. The van der Waals surface area contributed by atoms with Crippen LogP contribution < -0.4 is 0 Å². The van der Waals surface area contributed by atoms with Crippen LogP contribution in [0.2, 0.25) is 6.04 Å². The second-order valence-corrected chi connectivity index (χ2v) is 6.52. The average Bonchev–Trinajstić information content (AvgIpc) is 3.21. The molecule has 1 aliphatic heterocycles.